The number of anilines is 1. The first-order valence-electron chi connectivity index (χ1n) is 5.65. The van der Waals surface area contributed by atoms with Crippen LogP contribution in [0.2, 0.25) is 10.2 Å². The van der Waals surface area contributed by atoms with E-state index < -0.39 is 0 Å². The Bertz CT molecular complexity index is 629. The summed E-state index contributed by atoms with van der Waals surface area (Å²) in [6, 6.07) is 8.91. The molecule has 0 aliphatic carbocycles. The van der Waals surface area contributed by atoms with Gasteiger partial charge in [0, 0.05) is 12.6 Å². The van der Waals surface area contributed by atoms with Crippen LogP contribution in [0.1, 0.15) is 15.9 Å². The summed E-state index contributed by atoms with van der Waals surface area (Å²) in [5.74, 6) is -0.135. The molecule has 0 unspecified atom stereocenters. The van der Waals surface area contributed by atoms with E-state index in [1.54, 1.807) is 13.1 Å². The summed E-state index contributed by atoms with van der Waals surface area (Å²) in [5.41, 5.74) is 2.08. The van der Waals surface area contributed by atoms with Crippen molar-refractivity contribution in [2.75, 3.05) is 11.9 Å². The average molecular weight is 295 g/mol. The fourth-order valence-corrected chi connectivity index (χ4v) is 2.24. The number of rotatable bonds is 2. The molecule has 0 saturated heterocycles. The van der Waals surface area contributed by atoms with Gasteiger partial charge < -0.3 is 4.90 Å². The average Bonchev–Trinajstić information content (AvgIpc) is 2.38. The van der Waals surface area contributed by atoms with Crippen LogP contribution in [0.5, 0.6) is 0 Å². The Kier molecular flexibility index (Phi) is 4.08. The van der Waals surface area contributed by atoms with E-state index in [-0.39, 0.29) is 5.91 Å². The Hall–Kier alpha value is -1.58. The molecule has 19 heavy (non-hydrogen) atoms. The zero-order valence-corrected chi connectivity index (χ0v) is 12.0. The van der Waals surface area contributed by atoms with Gasteiger partial charge in [-0.25, -0.2) is 4.98 Å². The van der Waals surface area contributed by atoms with Crippen LogP contribution in [-0.4, -0.2) is 17.9 Å². The van der Waals surface area contributed by atoms with Crippen molar-refractivity contribution < 1.29 is 4.79 Å². The maximum absolute atomic E-state index is 12.4. The second-order valence-electron chi connectivity index (χ2n) is 4.14. The fraction of sp³-hybridized carbons (Fsp3) is 0.143. The van der Waals surface area contributed by atoms with Crippen molar-refractivity contribution >= 4 is 34.8 Å². The van der Waals surface area contributed by atoms with Crippen LogP contribution >= 0.6 is 23.2 Å². The van der Waals surface area contributed by atoms with Crippen molar-refractivity contribution in [2.45, 2.75) is 6.92 Å². The van der Waals surface area contributed by atoms with Gasteiger partial charge in [0.15, 0.2) is 0 Å². The third kappa shape index (κ3) is 2.88. The minimum Gasteiger partial charge on any atom is -0.309 e. The quantitative estimate of drug-likeness (QED) is 0.785. The molecule has 2 aromatic rings. The number of amides is 1. The van der Waals surface area contributed by atoms with Gasteiger partial charge >= 0.3 is 0 Å². The molecule has 2 rings (SSSR count). The second kappa shape index (κ2) is 5.59. The minimum atomic E-state index is -0.135. The van der Waals surface area contributed by atoms with Crippen molar-refractivity contribution in [3.63, 3.8) is 0 Å². The fourth-order valence-electron chi connectivity index (χ4n) is 1.75. The number of benzene rings is 1. The SMILES string of the molecule is Cc1ccccc1C(=O)N(C)c1cnc(Cl)cc1Cl. The predicted molar refractivity (Wildman–Crippen MR) is 78.2 cm³/mol. The topological polar surface area (TPSA) is 33.2 Å². The third-order valence-electron chi connectivity index (χ3n) is 2.84. The molecular formula is C14H12Cl2N2O. The Morgan fingerprint density at radius 1 is 1.26 bits per heavy atom. The van der Waals surface area contributed by atoms with E-state index in [2.05, 4.69) is 4.98 Å². The summed E-state index contributed by atoms with van der Waals surface area (Å²) in [6.07, 6.45) is 1.49. The number of aryl methyl sites for hydroxylation is 1. The summed E-state index contributed by atoms with van der Waals surface area (Å²) >= 11 is 11.8. The normalized spacial score (nSPS) is 10.3. The van der Waals surface area contributed by atoms with Crippen molar-refractivity contribution in [3.05, 3.63) is 57.8 Å². The highest BCUT2D eigenvalue weighted by atomic mass is 35.5. The van der Waals surface area contributed by atoms with Gasteiger partial charge in [-0.1, -0.05) is 41.4 Å². The number of aromatic nitrogens is 1. The van der Waals surface area contributed by atoms with E-state index in [4.69, 9.17) is 23.2 Å². The van der Waals surface area contributed by atoms with Crippen molar-refractivity contribution in [3.8, 4) is 0 Å². The van der Waals surface area contributed by atoms with Gasteiger partial charge in [-0.2, -0.15) is 0 Å². The number of carbonyl (C=O) groups excluding carboxylic acids is 1. The summed E-state index contributed by atoms with van der Waals surface area (Å²) in [6.45, 7) is 1.89. The lowest BCUT2D eigenvalue weighted by atomic mass is 10.1. The Morgan fingerprint density at radius 2 is 1.95 bits per heavy atom. The highest BCUT2D eigenvalue weighted by Gasteiger charge is 2.17. The maximum atomic E-state index is 12.4. The molecule has 3 nitrogen and oxygen atoms in total. The van der Waals surface area contributed by atoms with Gasteiger partial charge in [-0.05, 0) is 24.6 Å². The molecule has 0 bridgehead atoms. The first-order valence-corrected chi connectivity index (χ1v) is 6.41. The van der Waals surface area contributed by atoms with Crippen molar-refractivity contribution in [1.29, 1.82) is 0 Å². The molecule has 98 valence electrons. The van der Waals surface area contributed by atoms with Crippen LogP contribution in [-0.2, 0) is 0 Å². The number of pyridine rings is 1. The standard InChI is InChI=1S/C14H12Cl2N2O/c1-9-5-3-4-6-10(9)14(19)18(2)12-8-17-13(16)7-11(12)15/h3-8H,1-2H3. The monoisotopic (exact) mass is 294 g/mol. The van der Waals surface area contributed by atoms with Gasteiger partial charge in [-0.15, -0.1) is 0 Å². The number of nitrogens with zero attached hydrogens (tertiary/aromatic N) is 2. The van der Waals surface area contributed by atoms with Gasteiger partial charge in [0.2, 0.25) is 0 Å². The summed E-state index contributed by atoms with van der Waals surface area (Å²) in [7, 11) is 1.66. The Labute approximate surface area is 121 Å². The molecule has 1 heterocycles. The van der Waals surface area contributed by atoms with Gasteiger partial charge in [0.05, 0.1) is 16.9 Å². The Morgan fingerprint density at radius 3 is 2.58 bits per heavy atom. The Balaban J connectivity index is 2.37. The summed E-state index contributed by atoms with van der Waals surface area (Å²) in [4.78, 5) is 17.8. The molecule has 1 aromatic heterocycles. The van der Waals surface area contributed by atoms with E-state index in [0.717, 1.165) is 5.56 Å². The maximum Gasteiger partial charge on any atom is 0.258 e. The van der Waals surface area contributed by atoms with Gasteiger partial charge in [0.25, 0.3) is 5.91 Å². The molecule has 0 aliphatic rings. The van der Waals surface area contributed by atoms with E-state index in [9.17, 15) is 4.79 Å². The number of hydrogen-bond acceptors (Lipinski definition) is 2. The molecule has 0 saturated carbocycles. The molecule has 0 radical (unpaired) electrons. The molecule has 0 spiro atoms. The van der Waals surface area contributed by atoms with Crippen LogP contribution in [0.4, 0.5) is 5.69 Å². The van der Waals surface area contributed by atoms with Crippen LogP contribution in [0, 0.1) is 6.92 Å². The smallest absolute Gasteiger partial charge is 0.258 e. The first kappa shape index (κ1) is 13.8. The van der Waals surface area contributed by atoms with E-state index in [1.165, 1.54) is 17.2 Å². The summed E-state index contributed by atoms with van der Waals surface area (Å²) < 4.78 is 0. The van der Waals surface area contributed by atoms with Gasteiger partial charge in [0.1, 0.15) is 5.15 Å². The molecule has 1 aromatic carbocycles. The lowest BCUT2D eigenvalue weighted by Crippen LogP contribution is -2.27. The first-order chi connectivity index (χ1) is 9.00. The van der Waals surface area contributed by atoms with Crippen LogP contribution < -0.4 is 4.90 Å². The molecule has 0 aliphatic heterocycles. The molecular weight excluding hydrogens is 283 g/mol. The third-order valence-corrected chi connectivity index (χ3v) is 3.35. The molecule has 1 amide bonds. The van der Waals surface area contributed by atoms with Crippen LogP contribution in [0.3, 0.4) is 0 Å². The van der Waals surface area contributed by atoms with Crippen molar-refractivity contribution in [2.24, 2.45) is 0 Å². The molecule has 0 atom stereocenters. The van der Waals surface area contributed by atoms with E-state index in [0.29, 0.717) is 21.4 Å². The molecule has 0 N–H and O–H groups in total. The van der Waals surface area contributed by atoms with Crippen LogP contribution in [0.25, 0.3) is 0 Å². The van der Waals surface area contributed by atoms with Crippen molar-refractivity contribution in [1.82, 2.24) is 4.98 Å². The number of carbonyl (C=O) groups is 1. The highest BCUT2D eigenvalue weighted by molar-refractivity contribution is 6.36. The summed E-state index contributed by atoms with van der Waals surface area (Å²) in [5, 5.41) is 0.690. The van der Waals surface area contributed by atoms with E-state index in [1.807, 2.05) is 25.1 Å². The zero-order valence-electron chi connectivity index (χ0n) is 10.5. The lowest BCUT2D eigenvalue weighted by Gasteiger charge is -2.19. The molecule has 5 heteroatoms. The highest BCUT2D eigenvalue weighted by Crippen LogP contribution is 2.27. The van der Waals surface area contributed by atoms with Crippen LogP contribution in [0.15, 0.2) is 36.5 Å². The second-order valence-corrected chi connectivity index (χ2v) is 4.93. The number of halogens is 2. The predicted octanol–water partition coefficient (Wildman–Crippen LogP) is 3.97. The largest absolute Gasteiger partial charge is 0.309 e. The number of hydrogen-bond donors (Lipinski definition) is 0. The van der Waals surface area contributed by atoms with Gasteiger partial charge in [-0.3, -0.25) is 4.79 Å². The zero-order chi connectivity index (χ0) is 14.0. The van der Waals surface area contributed by atoms with E-state index >= 15 is 0 Å². The molecule has 0 fully saturated rings. The lowest BCUT2D eigenvalue weighted by molar-refractivity contribution is 0.0992. The minimum absolute atomic E-state index is 0.135.